The summed E-state index contributed by atoms with van der Waals surface area (Å²) in [7, 11) is 1.45. The van der Waals surface area contributed by atoms with E-state index in [2.05, 4.69) is 10.6 Å². The molecule has 0 heterocycles. The number of ether oxygens (including phenoxy) is 2. The highest BCUT2D eigenvalue weighted by molar-refractivity contribution is 6.33. The van der Waals surface area contributed by atoms with Gasteiger partial charge >= 0.3 is 12.2 Å². The number of halogens is 1. The van der Waals surface area contributed by atoms with Crippen molar-refractivity contribution < 1.29 is 29.3 Å². The molecule has 34 heavy (non-hydrogen) atoms. The van der Waals surface area contributed by atoms with E-state index in [0.29, 0.717) is 35.5 Å². The topological polar surface area (TPSA) is 117 Å². The van der Waals surface area contributed by atoms with E-state index in [1.165, 1.54) is 19.2 Å². The molecule has 0 atom stereocenters. The SMILES string of the molecule is COc1cc(NC(=O)OCCCc2ccc(-c3ccccc3)c(NC(=O)O)c2)c(Cl)cc1CO. The van der Waals surface area contributed by atoms with E-state index in [-0.39, 0.29) is 18.2 Å². The maximum Gasteiger partial charge on any atom is 0.411 e. The van der Waals surface area contributed by atoms with Crippen LogP contribution in [0.4, 0.5) is 21.0 Å². The van der Waals surface area contributed by atoms with E-state index in [0.717, 1.165) is 16.7 Å². The quantitative estimate of drug-likeness (QED) is 0.286. The molecule has 0 aliphatic heterocycles. The Morgan fingerprint density at radius 2 is 1.76 bits per heavy atom. The second kappa shape index (κ2) is 11.9. The van der Waals surface area contributed by atoms with Crippen molar-refractivity contribution in [3.63, 3.8) is 0 Å². The van der Waals surface area contributed by atoms with E-state index in [1.807, 2.05) is 42.5 Å². The van der Waals surface area contributed by atoms with E-state index >= 15 is 0 Å². The zero-order valence-corrected chi connectivity index (χ0v) is 19.3. The van der Waals surface area contributed by atoms with E-state index in [9.17, 15) is 19.8 Å². The summed E-state index contributed by atoms with van der Waals surface area (Å²) >= 11 is 6.15. The van der Waals surface area contributed by atoms with Crippen LogP contribution in [0.3, 0.4) is 0 Å². The number of amides is 2. The fourth-order valence-corrected chi connectivity index (χ4v) is 3.66. The average Bonchev–Trinajstić information content (AvgIpc) is 2.83. The third-order valence-corrected chi connectivity index (χ3v) is 5.34. The summed E-state index contributed by atoms with van der Waals surface area (Å²) in [6, 6.07) is 18.1. The largest absolute Gasteiger partial charge is 0.496 e. The first kappa shape index (κ1) is 24.9. The molecule has 8 nitrogen and oxygen atoms in total. The van der Waals surface area contributed by atoms with Crippen molar-refractivity contribution in [2.24, 2.45) is 0 Å². The molecule has 0 aliphatic rings. The molecule has 0 bridgehead atoms. The maximum atomic E-state index is 12.1. The molecule has 0 aromatic heterocycles. The van der Waals surface area contributed by atoms with Gasteiger partial charge in [0.15, 0.2) is 0 Å². The number of hydrogen-bond acceptors (Lipinski definition) is 5. The van der Waals surface area contributed by atoms with Crippen LogP contribution in [0, 0.1) is 0 Å². The summed E-state index contributed by atoms with van der Waals surface area (Å²) < 4.78 is 10.4. The first-order chi connectivity index (χ1) is 16.4. The Kier molecular flexibility index (Phi) is 8.73. The molecule has 0 spiro atoms. The Hall–Kier alpha value is -3.75. The lowest BCUT2D eigenvalue weighted by atomic mass is 10.00. The summed E-state index contributed by atoms with van der Waals surface area (Å²) in [5, 5.41) is 23.8. The number of methoxy groups -OCH3 is 1. The first-order valence-electron chi connectivity index (χ1n) is 10.5. The maximum absolute atomic E-state index is 12.1. The van der Waals surface area contributed by atoms with Gasteiger partial charge in [-0.25, -0.2) is 9.59 Å². The number of hydrogen-bond donors (Lipinski definition) is 4. The predicted octanol–water partition coefficient (Wildman–Crippen LogP) is 5.78. The highest BCUT2D eigenvalue weighted by Gasteiger charge is 2.13. The number of aliphatic hydroxyl groups excluding tert-OH is 1. The zero-order valence-electron chi connectivity index (χ0n) is 18.5. The minimum absolute atomic E-state index is 0.150. The van der Waals surface area contributed by atoms with Crippen LogP contribution in [0.2, 0.25) is 5.02 Å². The molecule has 3 aromatic carbocycles. The lowest BCUT2D eigenvalue weighted by molar-refractivity contribution is 0.160. The monoisotopic (exact) mass is 484 g/mol. The second-order valence-corrected chi connectivity index (χ2v) is 7.75. The lowest BCUT2D eigenvalue weighted by Crippen LogP contribution is -2.15. The summed E-state index contributed by atoms with van der Waals surface area (Å²) in [6.07, 6.45) is -0.702. The first-order valence-corrected chi connectivity index (χ1v) is 10.9. The van der Waals surface area contributed by atoms with Gasteiger partial charge < -0.3 is 19.7 Å². The number of carbonyl (C=O) groups is 2. The third kappa shape index (κ3) is 6.63. The van der Waals surface area contributed by atoms with Gasteiger partial charge in [0.25, 0.3) is 0 Å². The number of benzene rings is 3. The van der Waals surface area contributed by atoms with E-state index in [4.69, 9.17) is 21.1 Å². The van der Waals surface area contributed by atoms with Crippen LogP contribution in [-0.2, 0) is 17.8 Å². The van der Waals surface area contributed by atoms with Gasteiger partial charge in [-0.05, 0) is 36.1 Å². The fourth-order valence-electron chi connectivity index (χ4n) is 3.43. The predicted molar refractivity (Wildman–Crippen MR) is 131 cm³/mol. The number of nitrogens with one attached hydrogen (secondary N) is 2. The van der Waals surface area contributed by atoms with Gasteiger partial charge in [-0.2, -0.15) is 0 Å². The van der Waals surface area contributed by atoms with Crippen molar-refractivity contribution in [1.29, 1.82) is 0 Å². The van der Waals surface area contributed by atoms with Crippen LogP contribution in [0.1, 0.15) is 17.5 Å². The van der Waals surface area contributed by atoms with Crippen LogP contribution < -0.4 is 15.4 Å². The summed E-state index contributed by atoms with van der Waals surface area (Å²) in [5.74, 6) is 0.395. The van der Waals surface area contributed by atoms with Gasteiger partial charge in [-0.1, -0.05) is 54.1 Å². The van der Waals surface area contributed by atoms with Crippen molar-refractivity contribution in [2.75, 3.05) is 24.4 Å². The van der Waals surface area contributed by atoms with Gasteiger partial charge in [0.05, 0.1) is 36.7 Å². The van der Waals surface area contributed by atoms with Crippen LogP contribution >= 0.6 is 11.6 Å². The molecule has 2 amide bonds. The Labute approximate surface area is 202 Å². The number of aryl methyl sites for hydroxylation is 1. The van der Waals surface area contributed by atoms with Crippen LogP contribution in [-0.4, -0.2) is 36.1 Å². The molecule has 3 aromatic rings. The molecule has 0 fully saturated rings. The molecule has 0 saturated heterocycles. The van der Waals surface area contributed by atoms with Crippen molar-refractivity contribution in [1.82, 2.24) is 0 Å². The molecule has 178 valence electrons. The standard InChI is InChI=1S/C25H25ClN2O6/c1-33-23-14-22(20(26)13-18(23)15-29)28-25(32)34-11-5-6-16-9-10-19(17-7-3-2-4-8-17)21(12-16)27-24(30)31/h2-4,7-10,12-14,27,29H,5-6,11,15H2,1H3,(H,28,32)(H,30,31). The van der Waals surface area contributed by atoms with E-state index < -0.39 is 12.2 Å². The molecular formula is C25H25ClN2O6. The van der Waals surface area contributed by atoms with Crippen LogP contribution in [0.5, 0.6) is 5.75 Å². The van der Waals surface area contributed by atoms with Crippen LogP contribution in [0.25, 0.3) is 11.1 Å². The minimum atomic E-state index is -1.14. The number of carboxylic acid groups (broad SMARTS) is 1. The molecule has 4 N–H and O–H groups in total. The molecule has 0 saturated carbocycles. The minimum Gasteiger partial charge on any atom is -0.496 e. The molecule has 3 rings (SSSR count). The summed E-state index contributed by atoms with van der Waals surface area (Å²) in [6.45, 7) is -0.0961. The summed E-state index contributed by atoms with van der Waals surface area (Å²) in [4.78, 5) is 23.4. The van der Waals surface area contributed by atoms with Crippen molar-refractivity contribution in [2.45, 2.75) is 19.4 Å². The average molecular weight is 485 g/mol. The molecule has 0 unspecified atom stereocenters. The Morgan fingerprint density at radius 3 is 2.44 bits per heavy atom. The van der Waals surface area contributed by atoms with Crippen LogP contribution in [0.15, 0.2) is 60.7 Å². The number of rotatable bonds is 9. The number of carbonyl (C=O) groups excluding carboxylic acids is 1. The molecular weight excluding hydrogens is 460 g/mol. The molecule has 9 heteroatoms. The summed E-state index contributed by atoms with van der Waals surface area (Å²) in [5.41, 5.74) is 3.88. The van der Waals surface area contributed by atoms with Gasteiger partial charge in [0, 0.05) is 17.2 Å². The van der Waals surface area contributed by atoms with Gasteiger partial charge in [0.2, 0.25) is 0 Å². The highest BCUT2D eigenvalue weighted by atomic mass is 35.5. The third-order valence-electron chi connectivity index (χ3n) is 5.03. The molecule has 0 aliphatic carbocycles. The number of aliphatic hydroxyl groups is 1. The van der Waals surface area contributed by atoms with Crippen molar-refractivity contribution >= 4 is 35.2 Å². The highest BCUT2D eigenvalue weighted by Crippen LogP contribution is 2.31. The van der Waals surface area contributed by atoms with Gasteiger partial charge in [-0.3, -0.25) is 10.6 Å². The number of anilines is 2. The molecule has 0 radical (unpaired) electrons. The zero-order chi connectivity index (χ0) is 24.5. The normalized spacial score (nSPS) is 10.4. The van der Waals surface area contributed by atoms with Crippen molar-refractivity contribution in [3.8, 4) is 16.9 Å². The Morgan fingerprint density at radius 1 is 1.00 bits per heavy atom. The second-order valence-electron chi connectivity index (χ2n) is 7.34. The van der Waals surface area contributed by atoms with Gasteiger partial charge in [0.1, 0.15) is 5.75 Å². The Bertz CT molecular complexity index is 1150. The Balaban J connectivity index is 1.57. The lowest BCUT2D eigenvalue weighted by Gasteiger charge is -2.13. The fraction of sp³-hybridized carbons (Fsp3) is 0.200. The van der Waals surface area contributed by atoms with Crippen molar-refractivity contribution in [3.05, 3.63) is 76.8 Å². The smallest absolute Gasteiger partial charge is 0.411 e. The van der Waals surface area contributed by atoms with E-state index in [1.54, 1.807) is 6.07 Å². The van der Waals surface area contributed by atoms with Gasteiger partial charge in [-0.15, -0.1) is 0 Å².